The molecule has 23 heavy (non-hydrogen) atoms. The van der Waals surface area contributed by atoms with E-state index in [9.17, 15) is 0 Å². The third kappa shape index (κ3) is 2.21. The first kappa shape index (κ1) is 13.7. The van der Waals surface area contributed by atoms with E-state index in [1.54, 1.807) is 4.52 Å². The summed E-state index contributed by atoms with van der Waals surface area (Å²) < 4.78 is 3.82. The summed E-state index contributed by atoms with van der Waals surface area (Å²) in [5.41, 5.74) is 4.30. The third-order valence-electron chi connectivity index (χ3n) is 4.00. The summed E-state index contributed by atoms with van der Waals surface area (Å²) in [6.45, 7) is 4.65. The molecule has 0 radical (unpaired) electrons. The zero-order valence-electron chi connectivity index (χ0n) is 13.3. The number of rotatable bonds is 3. The van der Waals surface area contributed by atoms with Crippen molar-refractivity contribution in [1.29, 1.82) is 0 Å². The van der Waals surface area contributed by atoms with Gasteiger partial charge in [0.05, 0.1) is 17.6 Å². The largest absolute Gasteiger partial charge is 0.363 e. The molecule has 0 saturated carbocycles. The number of anilines is 1. The van der Waals surface area contributed by atoms with Gasteiger partial charge in [-0.3, -0.25) is 0 Å². The fourth-order valence-electron chi connectivity index (χ4n) is 2.90. The zero-order chi connectivity index (χ0) is 16.0. The number of hydrogen-bond acceptors (Lipinski definition) is 5. The molecule has 116 valence electrons. The molecule has 0 spiro atoms. The molecule has 7 heteroatoms. The predicted molar refractivity (Wildman–Crippen MR) is 88.3 cm³/mol. The van der Waals surface area contributed by atoms with E-state index in [1.807, 2.05) is 32.2 Å². The maximum absolute atomic E-state index is 4.72. The second kappa shape index (κ2) is 5.05. The van der Waals surface area contributed by atoms with Gasteiger partial charge in [0.1, 0.15) is 18.0 Å². The van der Waals surface area contributed by atoms with Crippen molar-refractivity contribution in [2.45, 2.75) is 20.4 Å². The highest BCUT2D eigenvalue weighted by molar-refractivity contribution is 5.79. The molecule has 4 aromatic rings. The Morgan fingerprint density at radius 1 is 1.17 bits per heavy atom. The van der Waals surface area contributed by atoms with Gasteiger partial charge in [-0.05, 0) is 25.5 Å². The van der Waals surface area contributed by atoms with E-state index in [2.05, 4.69) is 37.9 Å². The van der Waals surface area contributed by atoms with Gasteiger partial charge >= 0.3 is 0 Å². The van der Waals surface area contributed by atoms with Crippen molar-refractivity contribution in [3.05, 3.63) is 47.7 Å². The Balaban J connectivity index is 1.70. The summed E-state index contributed by atoms with van der Waals surface area (Å²) in [4.78, 5) is 13.2. The Morgan fingerprint density at radius 3 is 2.87 bits per heavy atom. The average Bonchev–Trinajstić information content (AvgIpc) is 3.10. The number of aryl methyl sites for hydroxylation is 3. The number of hydrogen-bond donors (Lipinski definition) is 1. The highest BCUT2D eigenvalue weighted by Crippen LogP contribution is 2.19. The standard InChI is InChI=1S/C16H17N7/c1-10-5-4-6-12-15(10)22(3)14(21-12)8-17-13-7-11(2)20-16-18-9-19-23(13)16/h4-7,9,17H,8H2,1-3H3. The fourth-order valence-corrected chi connectivity index (χ4v) is 2.90. The smallest absolute Gasteiger partial charge is 0.254 e. The molecule has 0 amide bonds. The number of aromatic nitrogens is 6. The van der Waals surface area contributed by atoms with Crippen LogP contribution in [-0.4, -0.2) is 29.1 Å². The van der Waals surface area contributed by atoms with Crippen molar-refractivity contribution in [1.82, 2.24) is 29.1 Å². The Bertz CT molecular complexity index is 1010. The minimum absolute atomic E-state index is 0.591. The normalized spacial score (nSPS) is 11.4. The molecule has 7 nitrogen and oxygen atoms in total. The molecule has 4 rings (SSSR count). The molecular weight excluding hydrogens is 290 g/mol. The van der Waals surface area contributed by atoms with Crippen LogP contribution in [0.1, 0.15) is 17.1 Å². The highest BCUT2D eigenvalue weighted by Gasteiger charge is 2.11. The minimum atomic E-state index is 0.591. The number of nitrogens with one attached hydrogen (secondary N) is 1. The Labute approximate surface area is 133 Å². The Kier molecular flexibility index (Phi) is 3.00. The monoisotopic (exact) mass is 307 g/mol. The lowest BCUT2D eigenvalue weighted by atomic mass is 10.2. The lowest BCUT2D eigenvalue weighted by molar-refractivity contribution is 0.820. The maximum Gasteiger partial charge on any atom is 0.254 e. The summed E-state index contributed by atoms with van der Waals surface area (Å²) in [6, 6.07) is 8.13. The van der Waals surface area contributed by atoms with E-state index in [0.717, 1.165) is 22.9 Å². The van der Waals surface area contributed by atoms with Crippen LogP contribution in [0.4, 0.5) is 5.82 Å². The van der Waals surface area contributed by atoms with Crippen molar-refractivity contribution in [2.75, 3.05) is 5.32 Å². The second-order valence-corrected chi connectivity index (χ2v) is 5.64. The second-order valence-electron chi connectivity index (χ2n) is 5.64. The molecule has 0 unspecified atom stereocenters. The van der Waals surface area contributed by atoms with Crippen LogP contribution in [0.5, 0.6) is 0 Å². The van der Waals surface area contributed by atoms with Crippen molar-refractivity contribution in [3.8, 4) is 0 Å². The van der Waals surface area contributed by atoms with Gasteiger partial charge in [0.15, 0.2) is 0 Å². The molecule has 0 bridgehead atoms. The lowest BCUT2D eigenvalue weighted by Crippen LogP contribution is -2.10. The van der Waals surface area contributed by atoms with Gasteiger partial charge in [-0.2, -0.15) is 14.6 Å². The molecule has 0 atom stereocenters. The molecule has 3 heterocycles. The summed E-state index contributed by atoms with van der Waals surface area (Å²) in [5, 5.41) is 7.59. The molecule has 3 aromatic heterocycles. The van der Waals surface area contributed by atoms with Crippen LogP contribution in [0.3, 0.4) is 0 Å². The number of imidazole rings is 1. The van der Waals surface area contributed by atoms with E-state index in [0.29, 0.717) is 12.3 Å². The van der Waals surface area contributed by atoms with E-state index in [-0.39, 0.29) is 0 Å². The van der Waals surface area contributed by atoms with Gasteiger partial charge in [-0.15, -0.1) is 0 Å². The molecule has 1 N–H and O–H groups in total. The van der Waals surface area contributed by atoms with Crippen LogP contribution in [0.2, 0.25) is 0 Å². The summed E-state index contributed by atoms with van der Waals surface area (Å²) in [6.07, 6.45) is 1.51. The molecular formula is C16H17N7. The molecule has 0 aliphatic carbocycles. The van der Waals surface area contributed by atoms with E-state index in [4.69, 9.17) is 4.98 Å². The molecule has 1 aromatic carbocycles. The van der Waals surface area contributed by atoms with Gasteiger partial charge in [0, 0.05) is 18.8 Å². The number of nitrogens with zero attached hydrogens (tertiary/aromatic N) is 6. The van der Waals surface area contributed by atoms with E-state index < -0.39 is 0 Å². The highest BCUT2D eigenvalue weighted by atomic mass is 15.4. The van der Waals surface area contributed by atoms with Gasteiger partial charge in [-0.1, -0.05) is 12.1 Å². The predicted octanol–water partition coefficient (Wildman–Crippen LogP) is 2.24. The Hall–Kier alpha value is -2.96. The van der Waals surface area contributed by atoms with Crippen LogP contribution in [0.25, 0.3) is 16.8 Å². The first-order valence-electron chi connectivity index (χ1n) is 7.45. The van der Waals surface area contributed by atoms with Crippen LogP contribution >= 0.6 is 0 Å². The first-order chi connectivity index (χ1) is 11.1. The summed E-state index contributed by atoms with van der Waals surface area (Å²) in [5.74, 6) is 2.42. The maximum atomic E-state index is 4.72. The van der Waals surface area contributed by atoms with Crippen LogP contribution in [0.15, 0.2) is 30.6 Å². The summed E-state index contributed by atoms with van der Waals surface area (Å²) in [7, 11) is 2.04. The number of fused-ring (bicyclic) bond motifs is 2. The van der Waals surface area contributed by atoms with E-state index >= 15 is 0 Å². The van der Waals surface area contributed by atoms with Crippen LogP contribution < -0.4 is 5.32 Å². The van der Waals surface area contributed by atoms with Crippen LogP contribution in [0, 0.1) is 13.8 Å². The van der Waals surface area contributed by atoms with Crippen molar-refractivity contribution in [3.63, 3.8) is 0 Å². The van der Waals surface area contributed by atoms with Gasteiger partial charge in [0.25, 0.3) is 5.78 Å². The van der Waals surface area contributed by atoms with Crippen molar-refractivity contribution in [2.24, 2.45) is 7.05 Å². The van der Waals surface area contributed by atoms with Gasteiger partial charge in [-0.25, -0.2) is 9.97 Å². The zero-order valence-corrected chi connectivity index (χ0v) is 13.3. The lowest BCUT2D eigenvalue weighted by Gasteiger charge is -2.09. The van der Waals surface area contributed by atoms with Crippen molar-refractivity contribution < 1.29 is 0 Å². The van der Waals surface area contributed by atoms with Crippen molar-refractivity contribution >= 4 is 22.6 Å². The molecule has 0 saturated heterocycles. The quantitative estimate of drug-likeness (QED) is 0.628. The third-order valence-corrected chi connectivity index (χ3v) is 4.00. The molecule has 0 aliphatic rings. The number of benzene rings is 1. The van der Waals surface area contributed by atoms with Gasteiger partial charge < -0.3 is 9.88 Å². The van der Waals surface area contributed by atoms with Crippen LogP contribution in [-0.2, 0) is 13.6 Å². The molecule has 0 aliphatic heterocycles. The summed E-state index contributed by atoms with van der Waals surface area (Å²) >= 11 is 0. The topological polar surface area (TPSA) is 72.9 Å². The SMILES string of the molecule is Cc1cc(NCc2nc3cccc(C)c3n2C)n2ncnc2n1. The molecule has 0 fully saturated rings. The Morgan fingerprint density at radius 2 is 2.04 bits per heavy atom. The minimum Gasteiger partial charge on any atom is -0.363 e. The number of para-hydroxylation sites is 1. The average molecular weight is 307 g/mol. The first-order valence-corrected chi connectivity index (χ1v) is 7.45. The fraction of sp³-hybridized carbons (Fsp3) is 0.250. The van der Waals surface area contributed by atoms with Gasteiger partial charge in [0.2, 0.25) is 0 Å². The van der Waals surface area contributed by atoms with E-state index in [1.165, 1.54) is 17.4 Å².